The van der Waals surface area contributed by atoms with Crippen molar-refractivity contribution in [2.75, 3.05) is 0 Å². The number of benzene rings is 3. The van der Waals surface area contributed by atoms with Gasteiger partial charge >= 0.3 is 0 Å². The van der Waals surface area contributed by atoms with E-state index in [1.54, 1.807) is 6.92 Å². The molecule has 0 fully saturated rings. The van der Waals surface area contributed by atoms with Gasteiger partial charge < -0.3 is 9.67 Å². The highest BCUT2D eigenvalue weighted by molar-refractivity contribution is 7.85. The van der Waals surface area contributed by atoms with Gasteiger partial charge in [0.15, 0.2) is 7.14 Å². The maximum atomic E-state index is 14.0. The summed E-state index contributed by atoms with van der Waals surface area (Å²) in [6.45, 7) is 1.73. The Kier molecular flexibility index (Phi) is 4.47. The molecule has 0 heterocycles. The first-order chi connectivity index (χ1) is 11.1. The molecule has 0 bridgehead atoms. The molecule has 116 valence electrons. The van der Waals surface area contributed by atoms with Crippen LogP contribution in [-0.4, -0.2) is 5.11 Å². The summed E-state index contributed by atoms with van der Waals surface area (Å²) >= 11 is 0. The number of aliphatic hydroxyl groups excluding tert-OH is 1. The van der Waals surface area contributed by atoms with Gasteiger partial charge in [-0.05, 0) is 12.5 Å². The Morgan fingerprint density at radius 2 is 1.09 bits per heavy atom. The zero-order valence-electron chi connectivity index (χ0n) is 13.0. The van der Waals surface area contributed by atoms with Gasteiger partial charge in [-0.15, -0.1) is 0 Å². The molecule has 2 nitrogen and oxygen atoms in total. The van der Waals surface area contributed by atoms with Crippen LogP contribution in [0.3, 0.4) is 0 Å². The van der Waals surface area contributed by atoms with E-state index in [0.29, 0.717) is 0 Å². The summed E-state index contributed by atoms with van der Waals surface area (Å²) < 4.78 is 14.0. The monoisotopic (exact) mass is 322 g/mol. The molecule has 1 N–H and O–H groups in total. The lowest BCUT2D eigenvalue weighted by Gasteiger charge is -2.20. The van der Waals surface area contributed by atoms with Gasteiger partial charge in [0.2, 0.25) is 0 Å². The maximum absolute atomic E-state index is 14.0. The predicted molar refractivity (Wildman–Crippen MR) is 96.5 cm³/mol. The normalized spacial score (nSPS) is 12.8. The number of aliphatic hydroxyl groups is 1. The van der Waals surface area contributed by atoms with Crippen LogP contribution in [-0.2, 0) is 4.57 Å². The largest absolute Gasteiger partial charge is 0.389 e. The van der Waals surface area contributed by atoms with Crippen molar-refractivity contribution in [1.82, 2.24) is 0 Å². The predicted octanol–water partition coefficient (Wildman–Crippen LogP) is 3.38. The van der Waals surface area contributed by atoms with Gasteiger partial charge in [0.1, 0.15) is 0 Å². The molecule has 3 heteroatoms. The first kappa shape index (κ1) is 15.7. The Labute approximate surface area is 136 Å². The molecule has 3 aromatic rings. The SMILES string of the molecule is CC(O)c1ccc(P(=O)(c2ccccc2)c2ccccc2)cc1. The van der Waals surface area contributed by atoms with Crippen molar-refractivity contribution in [2.24, 2.45) is 0 Å². The summed E-state index contributed by atoms with van der Waals surface area (Å²) in [7, 11) is -2.91. The van der Waals surface area contributed by atoms with Crippen LogP contribution in [0.5, 0.6) is 0 Å². The molecular weight excluding hydrogens is 303 g/mol. The minimum Gasteiger partial charge on any atom is -0.389 e. The molecule has 3 aromatic carbocycles. The summed E-state index contributed by atoms with van der Waals surface area (Å²) in [5, 5.41) is 12.1. The second-order valence-electron chi connectivity index (χ2n) is 5.55. The lowest BCUT2D eigenvalue weighted by molar-refractivity contribution is 0.199. The minimum atomic E-state index is -2.91. The third-order valence-corrected chi connectivity index (χ3v) is 7.05. The van der Waals surface area contributed by atoms with Crippen LogP contribution in [0.4, 0.5) is 0 Å². The molecule has 0 saturated carbocycles. The van der Waals surface area contributed by atoms with Crippen molar-refractivity contribution in [2.45, 2.75) is 13.0 Å². The van der Waals surface area contributed by atoms with Crippen LogP contribution in [0.1, 0.15) is 18.6 Å². The first-order valence-corrected chi connectivity index (χ1v) is 9.33. The third kappa shape index (κ3) is 3.01. The fourth-order valence-corrected chi connectivity index (χ4v) is 5.33. The van der Waals surface area contributed by atoms with Crippen LogP contribution in [0, 0.1) is 0 Å². The van der Waals surface area contributed by atoms with Gasteiger partial charge in [-0.3, -0.25) is 0 Å². The maximum Gasteiger partial charge on any atom is 0.171 e. The van der Waals surface area contributed by atoms with Crippen molar-refractivity contribution in [3.05, 3.63) is 90.5 Å². The average Bonchev–Trinajstić information content (AvgIpc) is 2.62. The second kappa shape index (κ2) is 6.54. The van der Waals surface area contributed by atoms with Crippen molar-refractivity contribution < 1.29 is 9.67 Å². The molecule has 0 aliphatic rings. The molecule has 0 spiro atoms. The Morgan fingerprint density at radius 1 is 0.696 bits per heavy atom. The summed E-state index contributed by atoms with van der Waals surface area (Å²) in [4.78, 5) is 0. The van der Waals surface area contributed by atoms with E-state index in [1.165, 1.54) is 0 Å². The quantitative estimate of drug-likeness (QED) is 0.748. The van der Waals surface area contributed by atoms with E-state index >= 15 is 0 Å². The van der Waals surface area contributed by atoms with Gasteiger partial charge in [0.05, 0.1) is 6.10 Å². The molecule has 1 unspecified atom stereocenters. The molecular formula is C20H19O2P. The molecule has 1 atom stereocenters. The van der Waals surface area contributed by atoms with E-state index < -0.39 is 13.2 Å². The third-order valence-electron chi connectivity index (χ3n) is 3.98. The second-order valence-corrected chi connectivity index (χ2v) is 8.32. The minimum absolute atomic E-state index is 0.531. The highest BCUT2D eigenvalue weighted by Crippen LogP contribution is 2.42. The van der Waals surface area contributed by atoms with E-state index in [4.69, 9.17) is 0 Å². The molecule has 3 rings (SSSR count). The lowest BCUT2D eigenvalue weighted by Crippen LogP contribution is -2.25. The Hall–Kier alpha value is -2.15. The van der Waals surface area contributed by atoms with Crippen LogP contribution >= 0.6 is 7.14 Å². The van der Waals surface area contributed by atoms with E-state index in [2.05, 4.69) is 0 Å². The molecule has 0 aliphatic heterocycles. The van der Waals surface area contributed by atoms with Crippen LogP contribution < -0.4 is 15.9 Å². The fourth-order valence-electron chi connectivity index (χ4n) is 2.69. The topological polar surface area (TPSA) is 37.3 Å². The van der Waals surface area contributed by atoms with E-state index in [9.17, 15) is 9.67 Å². The highest BCUT2D eigenvalue weighted by Gasteiger charge is 2.29. The van der Waals surface area contributed by atoms with E-state index in [1.807, 2.05) is 84.9 Å². The molecule has 23 heavy (non-hydrogen) atoms. The number of hydrogen-bond donors (Lipinski definition) is 1. The van der Waals surface area contributed by atoms with Gasteiger partial charge in [-0.1, -0.05) is 84.9 Å². The average molecular weight is 322 g/mol. The van der Waals surface area contributed by atoms with Crippen LogP contribution in [0.25, 0.3) is 0 Å². The molecule has 0 radical (unpaired) electrons. The van der Waals surface area contributed by atoms with Crippen molar-refractivity contribution >= 4 is 23.1 Å². The van der Waals surface area contributed by atoms with Crippen LogP contribution in [0.15, 0.2) is 84.9 Å². The molecule has 0 aliphatic carbocycles. The van der Waals surface area contributed by atoms with Crippen molar-refractivity contribution in [3.8, 4) is 0 Å². The zero-order valence-corrected chi connectivity index (χ0v) is 13.9. The molecule has 0 saturated heterocycles. The molecule has 0 amide bonds. The number of rotatable bonds is 4. The van der Waals surface area contributed by atoms with Gasteiger partial charge in [-0.25, -0.2) is 0 Å². The Morgan fingerprint density at radius 3 is 1.48 bits per heavy atom. The smallest absolute Gasteiger partial charge is 0.171 e. The highest BCUT2D eigenvalue weighted by atomic mass is 31.2. The van der Waals surface area contributed by atoms with Gasteiger partial charge in [0, 0.05) is 15.9 Å². The zero-order chi connectivity index (χ0) is 16.3. The van der Waals surface area contributed by atoms with Crippen molar-refractivity contribution in [3.63, 3.8) is 0 Å². The first-order valence-electron chi connectivity index (χ1n) is 7.62. The summed E-state index contributed by atoms with van der Waals surface area (Å²) in [5.41, 5.74) is 0.821. The van der Waals surface area contributed by atoms with Crippen LogP contribution in [0.2, 0.25) is 0 Å². The van der Waals surface area contributed by atoms with E-state index in [-0.39, 0.29) is 0 Å². The Bertz CT molecular complexity index is 766. The summed E-state index contributed by atoms with van der Waals surface area (Å²) in [6, 6.07) is 26.6. The Balaban J connectivity index is 2.19. The van der Waals surface area contributed by atoms with Crippen molar-refractivity contribution in [1.29, 1.82) is 0 Å². The fraction of sp³-hybridized carbons (Fsp3) is 0.100. The van der Waals surface area contributed by atoms with Gasteiger partial charge in [0.25, 0.3) is 0 Å². The van der Waals surface area contributed by atoms with E-state index in [0.717, 1.165) is 21.5 Å². The number of hydrogen-bond acceptors (Lipinski definition) is 2. The standard InChI is InChI=1S/C20H19O2P/c1-16(21)17-12-14-20(15-13-17)23(22,18-8-4-2-5-9-18)19-10-6-3-7-11-19/h2-16,21H,1H3. The van der Waals surface area contributed by atoms with Gasteiger partial charge in [-0.2, -0.15) is 0 Å². The molecule has 0 aromatic heterocycles. The lowest BCUT2D eigenvalue weighted by atomic mass is 10.1. The summed E-state index contributed by atoms with van der Waals surface area (Å²) in [6.07, 6.45) is -0.531. The summed E-state index contributed by atoms with van der Waals surface area (Å²) in [5.74, 6) is 0.